The van der Waals surface area contributed by atoms with Gasteiger partial charge < -0.3 is 20.6 Å². The molecule has 0 aromatic rings. The zero-order valence-corrected chi connectivity index (χ0v) is 11.7. The monoisotopic (exact) mass is 273 g/mol. The Morgan fingerprint density at radius 1 is 1.26 bits per heavy atom. The van der Waals surface area contributed by atoms with Crippen molar-refractivity contribution < 1.29 is 19.5 Å². The van der Waals surface area contributed by atoms with Crippen LogP contribution in [0.3, 0.4) is 0 Å². The summed E-state index contributed by atoms with van der Waals surface area (Å²) < 4.78 is 0. The summed E-state index contributed by atoms with van der Waals surface area (Å²) in [5.74, 6) is -0.845. The van der Waals surface area contributed by atoms with Crippen LogP contribution in [0.2, 0.25) is 0 Å². The fraction of sp³-hybridized carbons (Fsp3) is 0.750. The Morgan fingerprint density at radius 2 is 1.89 bits per heavy atom. The van der Waals surface area contributed by atoms with E-state index in [1.165, 1.54) is 4.90 Å². The maximum atomic E-state index is 11.7. The average molecular weight is 273 g/mol. The number of nitrogens with one attached hydrogen (secondary N) is 2. The molecule has 3 amide bonds. The van der Waals surface area contributed by atoms with Crippen molar-refractivity contribution in [2.45, 2.75) is 26.2 Å². The van der Waals surface area contributed by atoms with E-state index in [-0.39, 0.29) is 30.7 Å². The second-order valence-corrected chi connectivity index (χ2v) is 4.57. The Balaban J connectivity index is 3.83. The maximum absolute atomic E-state index is 11.7. The molecule has 0 rings (SSSR count). The Kier molecular flexibility index (Phi) is 8.32. The van der Waals surface area contributed by atoms with Crippen molar-refractivity contribution in [3.63, 3.8) is 0 Å². The van der Waals surface area contributed by atoms with Crippen molar-refractivity contribution in [3.05, 3.63) is 0 Å². The first-order valence-electron chi connectivity index (χ1n) is 6.28. The summed E-state index contributed by atoms with van der Waals surface area (Å²) in [4.78, 5) is 34.5. The number of hydrogen-bond acceptors (Lipinski definition) is 3. The van der Waals surface area contributed by atoms with E-state index >= 15 is 0 Å². The minimum Gasteiger partial charge on any atom is -0.481 e. The maximum Gasteiger partial charge on any atom is 0.317 e. The van der Waals surface area contributed by atoms with Gasteiger partial charge in [0.2, 0.25) is 5.91 Å². The highest BCUT2D eigenvalue weighted by atomic mass is 16.4. The summed E-state index contributed by atoms with van der Waals surface area (Å²) in [6.07, 6.45) is 0.885. The van der Waals surface area contributed by atoms with Gasteiger partial charge in [-0.15, -0.1) is 0 Å². The highest BCUT2D eigenvalue weighted by Gasteiger charge is 2.11. The van der Waals surface area contributed by atoms with Crippen LogP contribution >= 0.6 is 0 Å². The molecule has 0 aliphatic rings. The van der Waals surface area contributed by atoms with Gasteiger partial charge in [0.05, 0.1) is 0 Å². The van der Waals surface area contributed by atoms with Gasteiger partial charge >= 0.3 is 12.0 Å². The number of rotatable bonds is 8. The minimum atomic E-state index is -0.833. The third-order valence-corrected chi connectivity index (χ3v) is 2.75. The van der Waals surface area contributed by atoms with Gasteiger partial charge in [-0.3, -0.25) is 9.59 Å². The molecule has 0 radical (unpaired) electrons. The number of carbonyl (C=O) groups excluding carboxylic acids is 2. The van der Waals surface area contributed by atoms with Crippen LogP contribution in [0, 0.1) is 5.92 Å². The number of carboxylic acids is 1. The van der Waals surface area contributed by atoms with E-state index in [0.29, 0.717) is 19.5 Å². The van der Waals surface area contributed by atoms with Gasteiger partial charge in [-0.25, -0.2) is 4.79 Å². The summed E-state index contributed by atoms with van der Waals surface area (Å²) in [6.45, 7) is 2.65. The molecule has 1 unspecified atom stereocenters. The van der Waals surface area contributed by atoms with Gasteiger partial charge in [0, 0.05) is 40.0 Å². The molecular weight excluding hydrogens is 250 g/mol. The normalized spacial score (nSPS) is 11.5. The molecule has 19 heavy (non-hydrogen) atoms. The van der Waals surface area contributed by atoms with Crippen LogP contribution in [-0.2, 0) is 9.59 Å². The van der Waals surface area contributed by atoms with E-state index in [4.69, 9.17) is 5.11 Å². The highest BCUT2D eigenvalue weighted by Crippen LogP contribution is 2.04. The standard InChI is InChI=1S/C12H23N3O4/c1-9(4-5-11(17)18)8-14-12(19)15(3)7-6-10(16)13-2/h9H,4-8H2,1-3H3,(H,13,16)(H,14,19)(H,17,18). The van der Waals surface area contributed by atoms with E-state index in [0.717, 1.165) is 0 Å². The molecule has 3 N–H and O–H groups in total. The first kappa shape index (κ1) is 17.2. The number of carbonyl (C=O) groups is 3. The fourth-order valence-electron chi connectivity index (χ4n) is 1.36. The van der Waals surface area contributed by atoms with Gasteiger partial charge in [0.1, 0.15) is 0 Å². The third-order valence-electron chi connectivity index (χ3n) is 2.75. The topological polar surface area (TPSA) is 98.7 Å². The van der Waals surface area contributed by atoms with Gasteiger partial charge in [-0.2, -0.15) is 0 Å². The van der Waals surface area contributed by atoms with Crippen LogP contribution in [0.1, 0.15) is 26.2 Å². The Hall–Kier alpha value is -1.79. The summed E-state index contributed by atoms with van der Waals surface area (Å²) in [6, 6.07) is -0.258. The van der Waals surface area contributed by atoms with E-state index in [2.05, 4.69) is 10.6 Å². The highest BCUT2D eigenvalue weighted by molar-refractivity contribution is 5.77. The van der Waals surface area contributed by atoms with Crippen LogP contribution in [0.4, 0.5) is 4.79 Å². The van der Waals surface area contributed by atoms with Crippen LogP contribution < -0.4 is 10.6 Å². The van der Waals surface area contributed by atoms with Gasteiger partial charge in [0.25, 0.3) is 0 Å². The van der Waals surface area contributed by atoms with E-state index < -0.39 is 5.97 Å². The second kappa shape index (κ2) is 9.18. The quantitative estimate of drug-likeness (QED) is 0.591. The number of amides is 3. The predicted octanol–water partition coefficient (Wildman–Crippen LogP) is 0.265. The lowest BCUT2D eigenvalue weighted by atomic mass is 10.1. The Labute approximate surface area is 113 Å². The summed E-state index contributed by atoms with van der Waals surface area (Å²) in [5.41, 5.74) is 0. The Bertz CT molecular complexity index is 320. The van der Waals surface area contributed by atoms with E-state index in [9.17, 15) is 14.4 Å². The molecule has 7 nitrogen and oxygen atoms in total. The molecule has 0 aliphatic heterocycles. The molecule has 0 saturated carbocycles. The molecule has 0 aromatic carbocycles. The smallest absolute Gasteiger partial charge is 0.317 e. The molecule has 0 heterocycles. The first-order chi connectivity index (χ1) is 8.86. The molecule has 0 fully saturated rings. The average Bonchev–Trinajstić information content (AvgIpc) is 2.38. The zero-order valence-electron chi connectivity index (χ0n) is 11.7. The number of nitrogens with zero attached hydrogens (tertiary/aromatic N) is 1. The van der Waals surface area contributed by atoms with Crippen LogP contribution in [0.5, 0.6) is 0 Å². The predicted molar refractivity (Wildman–Crippen MR) is 70.7 cm³/mol. The number of carboxylic acid groups (broad SMARTS) is 1. The van der Waals surface area contributed by atoms with Crippen molar-refractivity contribution in [1.82, 2.24) is 15.5 Å². The number of hydrogen-bond donors (Lipinski definition) is 3. The SMILES string of the molecule is CNC(=O)CCN(C)C(=O)NCC(C)CCC(=O)O. The lowest BCUT2D eigenvalue weighted by molar-refractivity contribution is -0.137. The fourth-order valence-corrected chi connectivity index (χ4v) is 1.36. The molecule has 0 saturated heterocycles. The molecule has 0 aliphatic carbocycles. The molecular formula is C12H23N3O4. The van der Waals surface area contributed by atoms with Crippen molar-refractivity contribution >= 4 is 17.9 Å². The summed E-state index contributed by atoms with van der Waals surface area (Å²) in [5, 5.41) is 13.7. The van der Waals surface area contributed by atoms with Crippen molar-refractivity contribution in [2.24, 2.45) is 5.92 Å². The van der Waals surface area contributed by atoms with Crippen LogP contribution in [0.15, 0.2) is 0 Å². The second-order valence-electron chi connectivity index (χ2n) is 4.57. The van der Waals surface area contributed by atoms with Crippen molar-refractivity contribution in [2.75, 3.05) is 27.2 Å². The van der Waals surface area contributed by atoms with Gasteiger partial charge in [0.15, 0.2) is 0 Å². The van der Waals surface area contributed by atoms with Crippen LogP contribution in [-0.4, -0.2) is 55.1 Å². The van der Waals surface area contributed by atoms with Gasteiger partial charge in [-0.05, 0) is 12.3 Å². The lowest BCUT2D eigenvalue weighted by Gasteiger charge is -2.19. The lowest BCUT2D eigenvalue weighted by Crippen LogP contribution is -2.40. The Morgan fingerprint density at radius 3 is 2.42 bits per heavy atom. The van der Waals surface area contributed by atoms with Crippen LogP contribution in [0.25, 0.3) is 0 Å². The zero-order chi connectivity index (χ0) is 14.8. The summed E-state index contributed by atoms with van der Waals surface area (Å²) in [7, 11) is 3.16. The van der Waals surface area contributed by atoms with Crippen molar-refractivity contribution in [3.8, 4) is 0 Å². The molecule has 0 aromatic heterocycles. The number of aliphatic carboxylic acids is 1. The summed E-state index contributed by atoms with van der Waals surface area (Å²) >= 11 is 0. The largest absolute Gasteiger partial charge is 0.481 e. The minimum absolute atomic E-state index is 0.101. The molecule has 7 heteroatoms. The number of urea groups is 1. The van der Waals surface area contributed by atoms with Crippen molar-refractivity contribution in [1.29, 1.82) is 0 Å². The van der Waals surface area contributed by atoms with E-state index in [1.807, 2.05) is 6.92 Å². The molecule has 0 spiro atoms. The van der Waals surface area contributed by atoms with Gasteiger partial charge in [-0.1, -0.05) is 6.92 Å². The third kappa shape index (κ3) is 8.87. The molecule has 1 atom stereocenters. The molecule has 110 valence electrons. The van der Waals surface area contributed by atoms with E-state index in [1.54, 1.807) is 14.1 Å². The molecule has 0 bridgehead atoms. The first-order valence-corrected chi connectivity index (χ1v) is 6.28.